The molecule has 0 unspecified atom stereocenters. The van der Waals surface area contributed by atoms with Gasteiger partial charge in [-0.15, -0.1) is 0 Å². The van der Waals surface area contributed by atoms with Crippen molar-refractivity contribution < 1.29 is 9.53 Å². The predicted octanol–water partition coefficient (Wildman–Crippen LogP) is 5.49. The van der Waals surface area contributed by atoms with E-state index < -0.39 is 0 Å². The van der Waals surface area contributed by atoms with E-state index in [2.05, 4.69) is 35.0 Å². The van der Waals surface area contributed by atoms with Crippen molar-refractivity contribution in [2.45, 2.75) is 13.5 Å². The molecular weight excluding hydrogens is 360 g/mol. The van der Waals surface area contributed by atoms with Gasteiger partial charge in [0.15, 0.2) is 6.61 Å². The minimum Gasteiger partial charge on any atom is -0.484 e. The molecule has 4 nitrogen and oxygen atoms in total. The Labute approximate surface area is 162 Å². The molecule has 0 fully saturated rings. The number of hydrogen-bond donors (Lipinski definition) is 1. The lowest BCUT2D eigenvalue weighted by molar-refractivity contribution is -0.118. The summed E-state index contributed by atoms with van der Waals surface area (Å²) in [6.07, 6.45) is 0. The molecule has 136 valence electrons. The molecule has 0 aliphatic carbocycles. The van der Waals surface area contributed by atoms with Crippen LogP contribution in [0, 0.1) is 0 Å². The monoisotopic (exact) mass is 378 g/mol. The fourth-order valence-electron chi connectivity index (χ4n) is 3.35. The van der Waals surface area contributed by atoms with Crippen LogP contribution >= 0.6 is 11.6 Å². The molecule has 1 heterocycles. The van der Waals surface area contributed by atoms with E-state index in [-0.39, 0.29) is 12.5 Å². The third-order valence-corrected chi connectivity index (χ3v) is 4.81. The molecule has 1 amide bonds. The number of carbonyl (C=O) groups excluding carboxylic acids is 1. The van der Waals surface area contributed by atoms with Crippen molar-refractivity contribution in [2.75, 3.05) is 11.9 Å². The zero-order valence-electron chi connectivity index (χ0n) is 14.9. The second-order valence-electron chi connectivity index (χ2n) is 6.28. The fourth-order valence-corrected chi connectivity index (χ4v) is 3.47. The van der Waals surface area contributed by atoms with Crippen molar-refractivity contribution in [3.05, 3.63) is 71.8 Å². The summed E-state index contributed by atoms with van der Waals surface area (Å²) in [6.45, 7) is 2.97. The van der Waals surface area contributed by atoms with Gasteiger partial charge in [-0.2, -0.15) is 0 Å². The second-order valence-corrected chi connectivity index (χ2v) is 6.72. The van der Waals surface area contributed by atoms with E-state index >= 15 is 0 Å². The first kappa shape index (κ1) is 17.4. The van der Waals surface area contributed by atoms with Crippen LogP contribution in [0.3, 0.4) is 0 Å². The standard InChI is InChI=1S/C22H19ClN2O2/c1-2-25-20-6-4-3-5-18(20)19-13-16(9-12-21(19)25)24-22(26)14-27-17-10-7-15(23)8-11-17/h3-13H,2,14H2,1H3,(H,24,26). The Morgan fingerprint density at radius 1 is 1.00 bits per heavy atom. The number of ether oxygens (including phenoxy) is 1. The van der Waals surface area contributed by atoms with E-state index in [0.717, 1.165) is 23.1 Å². The van der Waals surface area contributed by atoms with E-state index in [1.165, 1.54) is 10.9 Å². The van der Waals surface area contributed by atoms with E-state index in [9.17, 15) is 4.79 Å². The summed E-state index contributed by atoms with van der Waals surface area (Å²) in [5.41, 5.74) is 3.12. The van der Waals surface area contributed by atoms with Gasteiger partial charge < -0.3 is 14.6 Å². The van der Waals surface area contributed by atoms with Gasteiger partial charge in [-0.25, -0.2) is 0 Å². The Morgan fingerprint density at radius 3 is 2.52 bits per heavy atom. The summed E-state index contributed by atoms with van der Waals surface area (Å²) in [5.74, 6) is 0.402. The van der Waals surface area contributed by atoms with Crippen LogP contribution < -0.4 is 10.1 Å². The van der Waals surface area contributed by atoms with Crippen molar-refractivity contribution in [2.24, 2.45) is 0 Å². The lowest BCUT2D eigenvalue weighted by atomic mass is 10.1. The van der Waals surface area contributed by atoms with Crippen LogP contribution in [0.2, 0.25) is 5.02 Å². The lowest BCUT2D eigenvalue weighted by Crippen LogP contribution is -2.20. The summed E-state index contributed by atoms with van der Waals surface area (Å²) in [6, 6.07) is 21.2. The Hall–Kier alpha value is -2.98. The third kappa shape index (κ3) is 3.49. The van der Waals surface area contributed by atoms with Crippen LogP contribution in [0.1, 0.15) is 6.92 Å². The summed E-state index contributed by atoms with van der Waals surface area (Å²) < 4.78 is 7.78. The number of nitrogens with zero attached hydrogens (tertiary/aromatic N) is 1. The average molecular weight is 379 g/mol. The van der Waals surface area contributed by atoms with E-state index in [1.807, 2.05) is 24.3 Å². The fraction of sp³-hybridized carbons (Fsp3) is 0.136. The van der Waals surface area contributed by atoms with Gasteiger partial charge in [0.05, 0.1) is 0 Å². The molecule has 1 aromatic heterocycles. The van der Waals surface area contributed by atoms with Gasteiger partial charge in [-0.3, -0.25) is 4.79 Å². The Bertz CT molecular complexity index is 1120. The van der Waals surface area contributed by atoms with E-state index in [4.69, 9.17) is 16.3 Å². The number of aromatic nitrogens is 1. The summed E-state index contributed by atoms with van der Waals surface area (Å²) in [5, 5.41) is 5.85. The first-order valence-corrected chi connectivity index (χ1v) is 9.22. The molecule has 3 aromatic carbocycles. The van der Waals surface area contributed by atoms with E-state index in [0.29, 0.717) is 10.8 Å². The highest BCUT2D eigenvalue weighted by Crippen LogP contribution is 2.31. The van der Waals surface area contributed by atoms with Gasteiger partial charge in [0.1, 0.15) is 5.75 Å². The van der Waals surface area contributed by atoms with Crippen LogP contribution in [0.25, 0.3) is 21.8 Å². The largest absolute Gasteiger partial charge is 0.484 e. The topological polar surface area (TPSA) is 43.3 Å². The van der Waals surface area contributed by atoms with E-state index in [1.54, 1.807) is 24.3 Å². The average Bonchev–Trinajstić information content (AvgIpc) is 3.01. The minimum absolute atomic E-state index is 0.0591. The summed E-state index contributed by atoms with van der Waals surface area (Å²) >= 11 is 5.85. The van der Waals surface area contributed by atoms with Gasteiger partial charge in [-0.05, 0) is 55.5 Å². The van der Waals surface area contributed by atoms with Gasteiger partial charge >= 0.3 is 0 Å². The molecule has 4 aromatic rings. The summed E-state index contributed by atoms with van der Waals surface area (Å²) in [4.78, 5) is 12.2. The first-order valence-electron chi connectivity index (χ1n) is 8.85. The second kappa shape index (κ2) is 7.33. The number of para-hydroxylation sites is 1. The highest BCUT2D eigenvalue weighted by Gasteiger charge is 2.11. The summed E-state index contributed by atoms with van der Waals surface area (Å²) in [7, 11) is 0. The molecule has 0 atom stereocenters. The molecule has 5 heteroatoms. The van der Waals surface area contributed by atoms with Crippen LogP contribution in [0.5, 0.6) is 5.75 Å². The van der Waals surface area contributed by atoms with Gasteiger partial charge in [0.2, 0.25) is 0 Å². The van der Waals surface area contributed by atoms with Crippen molar-refractivity contribution in [3.8, 4) is 5.75 Å². The van der Waals surface area contributed by atoms with Crippen LogP contribution in [-0.2, 0) is 11.3 Å². The molecule has 0 saturated heterocycles. The van der Waals surface area contributed by atoms with Gasteiger partial charge in [0, 0.05) is 39.1 Å². The van der Waals surface area contributed by atoms with Crippen LogP contribution in [0.15, 0.2) is 66.7 Å². The first-order chi connectivity index (χ1) is 13.2. The molecule has 0 bridgehead atoms. The smallest absolute Gasteiger partial charge is 0.262 e. The Morgan fingerprint density at radius 2 is 1.74 bits per heavy atom. The number of nitrogens with one attached hydrogen (secondary N) is 1. The van der Waals surface area contributed by atoms with Gasteiger partial charge in [0.25, 0.3) is 5.91 Å². The minimum atomic E-state index is -0.205. The highest BCUT2D eigenvalue weighted by molar-refractivity contribution is 6.30. The highest BCUT2D eigenvalue weighted by atomic mass is 35.5. The zero-order valence-corrected chi connectivity index (χ0v) is 15.7. The molecular formula is C22H19ClN2O2. The van der Waals surface area contributed by atoms with Crippen molar-refractivity contribution in [3.63, 3.8) is 0 Å². The predicted molar refractivity (Wildman–Crippen MR) is 111 cm³/mol. The maximum Gasteiger partial charge on any atom is 0.262 e. The number of carbonyl (C=O) groups is 1. The third-order valence-electron chi connectivity index (χ3n) is 4.56. The lowest BCUT2D eigenvalue weighted by Gasteiger charge is -2.08. The Kier molecular flexibility index (Phi) is 4.73. The number of aryl methyl sites for hydroxylation is 1. The number of halogens is 1. The molecule has 0 aliphatic heterocycles. The maximum absolute atomic E-state index is 12.2. The molecule has 1 N–H and O–H groups in total. The van der Waals surface area contributed by atoms with Crippen molar-refractivity contribution in [1.29, 1.82) is 0 Å². The molecule has 0 aliphatic rings. The number of benzene rings is 3. The number of rotatable bonds is 5. The quantitative estimate of drug-likeness (QED) is 0.499. The van der Waals surface area contributed by atoms with Crippen LogP contribution in [0.4, 0.5) is 5.69 Å². The van der Waals surface area contributed by atoms with Gasteiger partial charge in [-0.1, -0.05) is 29.8 Å². The maximum atomic E-state index is 12.2. The zero-order chi connectivity index (χ0) is 18.8. The molecule has 27 heavy (non-hydrogen) atoms. The number of anilines is 1. The number of hydrogen-bond acceptors (Lipinski definition) is 2. The van der Waals surface area contributed by atoms with Crippen LogP contribution in [-0.4, -0.2) is 17.1 Å². The molecule has 0 radical (unpaired) electrons. The SMILES string of the molecule is CCn1c2ccccc2c2cc(NC(=O)COc3ccc(Cl)cc3)ccc21. The molecule has 0 spiro atoms. The molecule has 4 rings (SSSR count). The molecule has 0 saturated carbocycles. The number of fused-ring (bicyclic) bond motifs is 3. The van der Waals surface area contributed by atoms with Crippen molar-refractivity contribution in [1.82, 2.24) is 4.57 Å². The number of amides is 1. The normalized spacial score (nSPS) is 11.0. The Balaban J connectivity index is 1.54. The van der Waals surface area contributed by atoms with Crippen molar-refractivity contribution >= 4 is 45.0 Å².